The van der Waals surface area contributed by atoms with Crippen LogP contribution in [0.2, 0.25) is 0 Å². The molecule has 0 aliphatic carbocycles. The zero-order valence-corrected chi connectivity index (χ0v) is 13.7. The topological polar surface area (TPSA) is 41.6 Å². The molecule has 4 nitrogen and oxygen atoms in total. The number of nitrogens with one attached hydrogen (secondary N) is 1. The van der Waals surface area contributed by atoms with E-state index in [4.69, 9.17) is 4.74 Å². The molecule has 2 rings (SSSR count). The minimum Gasteiger partial charge on any atom is -0.444 e. The van der Waals surface area contributed by atoms with E-state index < -0.39 is 5.60 Å². The SMILES string of the molecule is CC1(C)CN(C(=O)OC(C)(C)C)CC2(CCNCC2)C1. The van der Waals surface area contributed by atoms with Crippen LogP contribution in [0.5, 0.6) is 0 Å². The lowest BCUT2D eigenvalue weighted by atomic mass is 9.65. The van der Waals surface area contributed by atoms with Crippen LogP contribution in [0.3, 0.4) is 0 Å². The number of carbonyl (C=O) groups is 1. The van der Waals surface area contributed by atoms with Gasteiger partial charge in [-0.25, -0.2) is 4.79 Å². The van der Waals surface area contributed by atoms with E-state index in [9.17, 15) is 4.79 Å². The molecule has 2 aliphatic rings. The first-order valence-corrected chi connectivity index (χ1v) is 7.80. The average molecular weight is 282 g/mol. The van der Waals surface area contributed by atoms with E-state index in [1.54, 1.807) is 0 Å². The fourth-order valence-electron chi connectivity index (χ4n) is 3.85. The lowest BCUT2D eigenvalue weighted by Crippen LogP contribution is -2.56. The summed E-state index contributed by atoms with van der Waals surface area (Å²) in [7, 11) is 0. The molecule has 1 spiro atoms. The zero-order chi connectivity index (χ0) is 15.0. The number of hydrogen-bond donors (Lipinski definition) is 1. The highest BCUT2D eigenvalue weighted by atomic mass is 16.6. The summed E-state index contributed by atoms with van der Waals surface area (Å²) in [5, 5.41) is 3.43. The Morgan fingerprint density at radius 3 is 2.30 bits per heavy atom. The Hall–Kier alpha value is -0.770. The molecule has 0 unspecified atom stereocenters. The second-order valence-corrected chi connectivity index (χ2v) is 8.43. The molecule has 0 aromatic heterocycles. The van der Waals surface area contributed by atoms with Crippen LogP contribution >= 0.6 is 0 Å². The molecule has 1 amide bonds. The highest BCUT2D eigenvalue weighted by Crippen LogP contribution is 2.45. The first-order chi connectivity index (χ1) is 9.11. The second-order valence-electron chi connectivity index (χ2n) is 8.43. The molecular formula is C16H30N2O2. The van der Waals surface area contributed by atoms with Crippen LogP contribution in [0.1, 0.15) is 53.9 Å². The van der Waals surface area contributed by atoms with Gasteiger partial charge >= 0.3 is 6.09 Å². The quantitative estimate of drug-likeness (QED) is 0.742. The maximum Gasteiger partial charge on any atom is 0.410 e. The number of piperidine rings is 2. The molecule has 0 aromatic carbocycles. The van der Waals surface area contributed by atoms with Gasteiger partial charge in [-0.05, 0) is 64.0 Å². The maximum absolute atomic E-state index is 12.4. The summed E-state index contributed by atoms with van der Waals surface area (Å²) in [6.07, 6.45) is 3.38. The van der Waals surface area contributed by atoms with Crippen molar-refractivity contribution < 1.29 is 9.53 Å². The van der Waals surface area contributed by atoms with Crippen molar-refractivity contribution in [2.45, 2.75) is 59.5 Å². The zero-order valence-electron chi connectivity index (χ0n) is 13.7. The van der Waals surface area contributed by atoms with E-state index >= 15 is 0 Å². The van der Waals surface area contributed by atoms with Gasteiger partial charge in [0.15, 0.2) is 0 Å². The number of likely N-dealkylation sites (tertiary alicyclic amines) is 1. The van der Waals surface area contributed by atoms with Crippen molar-refractivity contribution in [1.29, 1.82) is 0 Å². The number of ether oxygens (including phenoxy) is 1. The first kappa shape index (κ1) is 15.6. The average Bonchev–Trinajstić information content (AvgIpc) is 2.25. The molecule has 0 aromatic rings. The third-order valence-electron chi connectivity index (χ3n) is 4.31. The summed E-state index contributed by atoms with van der Waals surface area (Å²) >= 11 is 0. The number of amides is 1. The maximum atomic E-state index is 12.4. The third kappa shape index (κ3) is 3.87. The van der Waals surface area contributed by atoms with Gasteiger partial charge in [-0.2, -0.15) is 0 Å². The van der Waals surface area contributed by atoms with E-state index in [0.29, 0.717) is 0 Å². The van der Waals surface area contributed by atoms with Crippen LogP contribution in [0, 0.1) is 10.8 Å². The van der Waals surface area contributed by atoms with Crippen LogP contribution in [-0.4, -0.2) is 42.8 Å². The van der Waals surface area contributed by atoms with Crippen LogP contribution in [0.4, 0.5) is 4.79 Å². The van der Waals surface area contributed by atoms with Gasteiger partial charge in [-0.1, -0.05) is 13.8 Å². The van der Waals surface area contributed by atoms with E-state index in [1.807, 2.05) is 25.7 Å². The fraction of sp³-hybridized carbons (Fsp3) is 0.938. The van der Waals surface area contributed by atoms with Crippen LogP contribution in [-0.2, 0) is 4.74 Å². The normalized spacial score (nSPS) is 25.6. The largest absolute Gasteiger partial charge is 0.444 e. The molecule has 116 valence electrons. The molecule has 0 saturated carbocycles. The number of rotatable bonds is 0. The molecule has 2 aliphatic heterocycles. The lowest BCUT2D eigenvalue weighted by molar-refractivity contribution is -0.0345. The van der Waals surface area contributed by atoms with Crippen molar-refractivity contribution in [3.8, 4) is 0 Å². The Morgan fingerprint density at radius 2 is 1.75 bits per heavy atom. The summed E-state index contributed by atoms with van der Waals surface area (Å²) in [6, 6.07) is 0. The number of hydrogen-bond acceptors (Lipinski definition) is 3. The Kier molecular flexibility index (Phi) is 4.07. The Balaban J connectivity index is 2.11. The van der Waals surface area contributed by atoms with Gasteiger partial charge in [0, 0.05) is 13.1 Å². The Morgan fingerprint density at radius 1 is 1.15 bits per heavy atom. The first-order valence-electron chi connectivity index (χ1n) is 7.80. The summed E-state index contributed by atoms with van der Waals surface area (Å²) in [5.74, 6) is 0. The monoisotopic (exact) mass is 282 g/mol. The van der Waals surface area contributed by atoms with Crippen LogP contribution in [0.15, 0.2) is 0 Å². The molecule has 2 saturated heterocycles. The van der Waals surface area contributed by atoms with Gasteiger partial charge in [0.25, 0.3) is 0 Å². The standard InChI is InChI=1S/C16H30N2O2/c1-14(2,3)20-13(19)18-11-15(4,5)10-16(12-18)6-8-17-9-7-16/h17H,6-12H2,1-5H3. The molecular weight excluding hydrogens is 252 g/mol. The fourth-order valence-corrected chi connectivity index (χ4v) is 3.85. The van der Waals surface area contributed by atoms with E-state index in [2.05, 4.69) is 19.2 Å². The molecule has 1 N–H and O–H groups in total. The summed E-state index contributed by atoms with van der Waals surface area (Å²) in [5.41, 5.74) is 0.0381. The highest BCUT2D eigenvalue weighted by Gasteiger charge is 2.45. The minimum absolute atomic E-state index is 0.150. The van der Waals surface area contributed by atoms with Crippen molar-refractivity contribution in [3.05, 3.63) is 0 Å². The number of nitrogens with zero attached hydrogens (tertiary/aromatic N) is 1. The van der Waals surface area contributed by atoms with E-state index in [0.717, 1.165) is 39.0 Å². The van der Waals surface area contributed by atoms with Crippen molar-refractivity contribution in [1.82, 2.24) is 10.2 Å². The van der Waals surface area contributed by atoms with Crippen molar-refractivity contribution >= 4 is 6.09 Å². The van der Waals surface area contributed by atoms with Crippen molar-refractivity contribution in [3.63, 3.8) is 0 Å². The van der Waals surface area contributed by atoms with Crippen LogP contribution < -0.4 is 5.32 Å². The summed E-state index contributed by atoms with van der Waals surface area (Å²) in [6.45, 7) is 14.1. The van der Waals surface area contributed by atoms with Gasteiger partial charge < -0.3 is 15.0 Å². The van der Waals surface area contributed by atoms with Crippen molar-refractivity contribution in [2.24, 2.45) is 10.8 Å². The molecule has 20 heavy (non-hydrogen) atoms. The molecule has 4 heteroatoms. The van der Waals surface area contributed by atoms with Crippen molar-refractivity contribution in [2.75, 3.05) is 26.2 Å². The van der Waals surface area contributed by atoms with E-state index in [-0.39, 0.29) is 16.9 Å². The van der Waals surface area contributed by atoms with Gasteiger partial charge in [0.2, 0.25) is 0 Å². The van der Waals surface area contributed by atoms with Gasteiger partial charge in [-0.3, -0.25) is 0 Å². The third-order valence-corrected chi connectivity index (χ3v) is 4.31. The smallest absolute Gasteiger partial charge is 0.410 e. The Labute approximate surface area is 123 Å². The Bertz CT molecular complexity index is 365. The van der Waals surface area contributed by atoms with Gasteiger partial charge in [-0.15, -0.1) is 0 Å². The summed E-state index contributed by atoms with van der Waals surface area (Å²) < 4.78 is 5.58. The summed E-state index contributed by atoms with van der Waals surface area (Å²) in [4.78, 5) is 14.4. The predicted octanol–water partition coefficient (Wildman–Crippen LogP) is 3.02. The highest BCUT2D eigenvalue weighted by molar-refractivity contribution is 5.68. The molecule has 2 heterocycles. The second kappa shape index (κ2) is 5.21. The lowest BCUT2D eigenvalue weighted by Gasteiger charge is -2.51. The van der Waals surface area contributed by atoms with Gasteiger partial charge in [0.05, 0.1) is 0 Å². The number of carbonyl (C=O) groups excluding carboxylic acids is 1. The molecule has 0 atom stereocenters. The molecule has 0 radical (unpaired) electrons. The predicted molar refractivity (Wildman–Crippen MR) is 80.7 cm³/mol. The minimum atomic E-state index is -0.417. The molecule has 0 bridgehead atoms. The van der Waals surface area contributed by atoms with Crippen LogP contribution in [0.25, 0.3) is 0 Å². The van der Waals surface area contributed by atoms with Gasteiger partial charge in [0.1, 0.15) is 5.60 Å². The molecule has 2 fully saturated rings. The van der Waals surface area contributed by atoms with E-state index in [1.165, 1.54) is 6.42 Å².